The molecule has 148 valence electrons. The topological polar surface area (TPSA) is 116 Å². The van der Waals surface area contributed by atoms with E-state index in [1.807, 2.05) is 0 Å². The average Bonchev–Trinajstić information content (AvgIpc) is 3.13. The second-order valence-corrected chi connectivity index (χ2v) is 8.30. The van der Waals surface area contributed by atoms with Crippen molar-refractivity contribution in [2.45, 2.75) is 30.5 Å². The number of carbonyl (C=O) groups is 3. The van der Waals surface area contributed by atoms with Crippen molar-refractivity contribution in [3.8, 4) is 0 Å². The van der Waals surface area contributed by atoms with E-state index in [0.717, 1.165) is 4.88 Å². The van der Waals surface area contributed by atoms with E-state index in [1.165, 1.54) is 42.2 Å². The fraction of sp³-hybridized carbons (Fsp3) is 0.278. The lowest BCUT2D eigenvalue weighted by Crippen LogP contribution is -2.20. The van der Waals surface area contributed by atoms with Crippen LogP contribution in [0.2, 0.25) is 0 Å². The van der Waals surface area contributed by atoms with E-state index in [1.54, 1.807) is 31.2 Å². The number of ketones is 1. The van der Waals surface area contributed by atoms with E-state index in [0.29, 0.717) is 16.3 Å². The van der Waals surface area contributed by atoms with Crippen molar-refractivity contribution < 1.29 is 24.0 Å². The molecule has 0 aliphatic rings. The number of rotatable bonds is 9. The number of amides is 1. The first kappa shape index (κ1) is 21.6. The number of nitro benzene ring substituents is 1. The molecule has 0 bridgehead atoms. The average molecular weight is 422 g/mol. The number of thioether (sulfide) groups is 1. The van der Waals surface area contributed by atoms with Gasteiger partial charge in [-0.15, -0.1) is 23.1 Å². The van der Waals surface area contributed by atoms with Gasteiger partial charge in [-0.3, -0.25) is 24.5 Å². The number of thiophene rings is 1. The third-order valence-corrected chi connectivity index (χ3v) is 5.70. The van der Waals surface area contributed by atoms with E-state index in [2.05, 4.69) is 5.32 Å². The summed E-state index contributed by atoms with van der Waals surface area (Å²) in [7, 11) is 0. The molecule has 0 fully saturated rings. The van der Waals surface area contributed by atoms with Gasteiger partial charge in [0, 0.05) is 28.8 Å². The molecule has 0 spiro atoms. The summed E-state index contributed by atoms with van der Waals surface area (Å²) in [5, 5.41) is 12.7. The van der Waals surface area contributed by atoms with Crippen LogP contribution in [0.15, 0.2) is 41.3 Å². The predicted octanol–water partition coefficient (Wildman–Crippen LogP) is 3.20. The molecule has 8 nitrogen and oxygen atoms in total. The zero-order valence-corrected chi connectivity index (χ0v) is 16.8. The van der Waals surface area contributed by atoms with Gasteiger partial charge in [-0.25, -0.2) is 0 Å². The molecule has 1 N–H and O–H groups in total. The summed E-state index contributed by atoms with van der Waals surface area (Å²) in [5.74, 6) is -1.03. The summed E-state index contributed by atoms with van der Waals surface area (Å²) in [6, 6.07) is 9.20. The zero-order valence-electron chi connectivity index (χ0n) is 15.2. The molecule has 1 heterocycles. The summed E-state index contributed by atoms with van der Waals surface area (Å²) in [6.07, 6.45) is 0. The summed E-state index contributed by atoms with van der Waals surface area (Å²) < 4.78 is 5.08. The fourth-order valence-electron chi connectivity index (χ4n) is 2.06. The monoisotopic (exact) mass is 422 g/mol. The Morgan fingerprint density at radius 3 is 2.50 bits per heavy atom. The Bertz CT molecular complexity index is 878. The van der Waals surface area contributed by atoms with E-state index >= 15 is 0 Å². The van der Waals surface area contributed by atoms with Crippen LogP contribution in [0.3, 0.4) is 0 Å². The van der Waals surface area contributed by atoms with Crippen molar-refractivity contribution in [3.63, 3.8) is 0 Å². The van der Waals surface area contributed by atoms with Crippen LogP contribution in [-0.2, 0) is 20.9 Å². The molecule has 0 saturated carbocycles. The Kier molecular flexibility index (Phi) is 7.70. The minimum atomic E-state index is -0.576. The molecular formula is C18H18N2O6S2. The predicted molar refractivity (Wildman–Crippen MR) is 106 cm³/mol. The molecule has 0 radical (unpaired) electrons. The van der Waals surface area contributed by atoms with Crippen molar-refractivity contribution in [3.05, 3.63) is 56.3 Å². The first-order valence-electron chi connectivity index (χ1n) is 8.20. The van der Waals surface area contributed by atoms with Gasteiger partial charge in [-0.1, -0.05) is 0 Å². The molecule has 0 aliphatic heterocycles. The molecule has 1 unspecified atom stereocenters. The van der Waals surface area contributed by atoms with Crippen LogP contribution in [0.1, 0.15) is 28.4 Å². The van der Waals surface area contributed by atoms with Gasteiger partial charge in [-0.2, -0.15) is 0 Å². The first-order chi connectivity index (χ1) is 13.3. The van der Waals surface area contributed by atoms with Gasteiger partial charge in [-0.05, 0) is 31.2 Å². The van der Waals surface area contributed by atoms with Gasteiger partial charge in [0.2, 0.25) is 11.7 Å². The number of hydrogen-bond acceptors (Lipinski definition) is 8. The molecule has 1 amide bonds. The number of esters is 1. The number of nitro groups is 1. The van der Waals surface area contributed by atoms with E-state index in [9.17, 15) is 24.5 Å². The standard InChI is InChI=1S/C18H18N2O6S2/c1-11(27-14-5-3-13(4-6-14)20(24)25)18(23)26-10-16(22)17-8-7-15(28-17)9-19-12(2)21/h3-8,11H,9-10H2,1-2H3,(H,19,21). The third kappa shape index (κ3) is 6.46. The third-order valence-electron chi connectivity index (χ3n) is 3.49. The largest absolute Gasteiger partial charge is 0.456 e. The molecular weight excluding hydrogens is 404 g/mol. The molecule has 1 aromatic heterocycles. The van der Waals surface area contributed by atoms with Crippen molar-refractivity contribution in [2.75, 3.05) is 6.61 Å². The van der Waals surface area contributed by atoms with Gasteiger partial charge >= 0.3 is 5.97 Å². The highest BCUT2D eigenvalue weighted by Gasteiger charge is 2.19. The quantitative estimate of drug-likeness (QED) is 0.217. The van der Waals surface area contributed by atoms with Crippen LogP contribution in [0.25, 0.3) is 0 Å². The SMILES string of the molecule is CC(=O)NCc1ccc(C(=O)COC(=O)C(C)Sc2ccc([N+](=O)[O-])cc2)s1. The summed E-state index contributed by atoms with van der Waals surface area (Å²) in [6.45, 7) is 3.02. The van der Waals surface area contributed by atoms with E-state index in [-0.39, 0.29) is 24.0 Å². The maximum absolute atomic E-state index is 12.2. The van der Waals surface area contributed by atoms with Crippen LogP contribution < -0.4 is 5.32 Å². The Morgan fingerprint density at radius 2 is 1.89 bits per heavy atom. The minimum Gasteiger partial charge on any atom is -0.456 e. The molecule has 10 heteroatoms. The molecule has 0 saturated heterocycles. The Balaban J connectivity index is 1.82. The van der Waals surface area contributed by atoms with Crippen molar-refractivity contribution >= 4 is 46.4 Å². The van der Waals surface area contributed by atoms with Crippen LogP contribution in [-0.4, -0.2) is 34.4 Å². The highest BCUT2D eigenvalue weighted by Crippen LogP contribution is 2.26. The van der Waals surface area contributed by atoms with Crippen LogP contribution in [0.4, 0.5) is 5.69 Å². The number of carbonyl (C=O) groups excluding carboxylic acids is 3. The molecule has 1 atom stereocenters. The number of nitrogens with one attached hydrogen (secondary N) is 1. The smallest absolute Gasteiger partial charge is 0.319 e. The Morgan fingerprint density at radius 1 is 1.21 bits per heavy atom. The molecule has 0 aliphatic carbocycles. The molecule has 1 aromatic carbocycles. The number of non-ortho nitro benzene ring substituents is 1. The Labute approximate surface area is 169 Å². The van der Waals surface area contributed by atoms with Crippen molar-refractivity contribution in [1.29, 1.82) is 0 Å². The van der Waals surface area contributed by atoms with Crippen LogP contribution >= 0.6 is 23.1 Å². The first-order valence-corrected chi connectivity index (χ1v) is 9.90. The van der Waals surface area contributed by atoms with Crippen molar-refractivity contribution in [1.82, 2.24) is 5.32 Å². The highest BCUT2D eigenvalue weighted by molar-refractivity contribution is 8.00. The second-order valence-electron chi connectivity index (χ2n) is 5.72. The van der Waals surface area contributed by atoms with E-state index < -0.39 is 16.1 Å². The number of benzene rings is 1. The van der Waals surface area contributed by atoms with Gasteiger partial charge in [0.15, 0.2) is 6.61 Å². The van der Waals surface area contributed by atoms with Gasteiger partial charge < -0.3 is 10.1 Å². The highest BCUT2D eigenvalue weighted by atomic mass is 32.2. The van der Waals surface area contributed by atoms with E-state index in [4.69, 9.17) is 4.74 Å². The minimum absolute atomic E-state index is 0.0287. The molecule has 2 aromatic rings. The maximum Gasteiger partial charge on any atom is 0.319 e. The number of ether oxygens (including phenoxy) is 1. The van der Waals surface area contributed by atoms with Crippen LogP contribution in [0.5, 0.6) is 0 Å². The summed E-state index contributed by atoms with van der Waals surface area (Å²) in [4.78, 5) is 47.3. The number of hydrogen-bond donors (Lipinski definition) is 1. The van der Waals surface area contributed by atoms with Gasteiger partial charge in [0.1, 0.15) is 5.25 Å². The van der Waals surface area contributed by atoms with Crippen LogP contribution in [0, 0.1) is 10.1 Å². The fourth-order valence-corrected chi connectivity index (χ4v) is 3.80. The normalized spacial score (nSPS) is 11.5. The van der Waals surface area contributed by atoms with Gasteiger partial charge in [0.05, 0.1) is 16.3 Å². The number of Topliss-reactive ketones (excluding diaryl/α,β-unsaturated/α-hetero) is 1. The number of nitrogens with zero attached hydrogens (tertiary/aromatic N) is 1. The lowest BCUT2D eigenvalue weighted by atomic mass is 10.3. The van der Waals surface area contributed by atoms with Crippen molar-refractivity contribution in [2.24, 2.45) is 0 Å². The lowest BCUT2D eigenvalue weighted by molar-refractivity contribution is -0.384. The summed E-state index contributed by atoms with van der Waals surface area (Å²) >= 11 is 2.42. The lowest BCUT2D eigenvalue weighted by Gasteiger charge is -2.10. The summed E-state index contributed by atoms with van der Waals surface area (Å²) in [5.41, 5.74) is -0.0287. The second kappa shape index (κ2) is 10.00. The molecule has 2 rings (SSSR count). The molecule has 28 heavy (non-hydrogen) atoms. The zero-order chi connectivity index (χ0) is 20.7. The maximum atomic E-state index is 12.2. The van der Waals surface area contributed by atoms with Gasteiger partial charge in [0.25, 0.3) is 5.69 Å². The Hall–Kier alpha value is -2.72.